The van der Waals surface area contributed by atoms with Gasteiger partial charge in [-0.05, 0) is 25.6 Å². The van der Waals surface area contributed by atoms with E-state index in [0.29, 0.717) is 0 Å². The van der Waals surface area contributed by atoms with Gasteiger partial charge in [-0.3, -0.25) is 0 Å². The average molecular weight is 236 g/mol. The van der Waals surface area contributed by atoms with Gasteiger partial charge in [0.2, 0.25) is 0 Å². The number of hydrogen-bond acceptors (Lipinski definition) is 3. The maximum atomic E-state index is 3.53. The van der Waals surface area contributed by atoms with Crippen molar-refractivity contribution in [3.63, 3.8) is 0 Å². The van der Waals surface area contributed by atoms with E-state index in [1.165, 1.54) is 12.1 Å². The lowest BCUT2D eigenvalue weighted by atomic mass is 10.4. The fraction of sp³-hybridized carbons (Fsp3) is 0.692. The van der Waals surface area contributed by atoms with Gasteiger partial charge in [-0.2, -0.15) is 0 Å². The Balaban J connectivity index is 1.79. The molecule has 0 amide bonds. The second-order valence-electron chi connectivity index (χ2n) is 4.82. The SMILES string of the molecule is CCCn1cccc1CNN1CCN(C)CC1. The molecule has 96 valence electrons. The minimum Gasteiger partial charge on any atom is -0.350 e. The summed E-state index contributed by atoms with van der Waals surface area (Å²) in [6.45, 7) is 8.82. The van der Waals surface area contributed by atoms with Crippen molar-refractivity contribution < 1.29 is 0 Å². The molecular weight excluding hydrogens is 212 g/mol. The number of nitrogens with zero attached hydrogens (tertiary/aromatic N) is 3. The highest BCUT2D eigenvalue weighted by atomic mass is 15.5. The summed E-state index contributed by atoms with van der Waals surface area (Å²) in [7, 11) is 2.18. The lowest BCUT2D eigenvalue weighted by Crippen LogP contribution is -2.50. The van der Waals surface area contributed by atoms with Crippen molar-refractivity contribution in [3.8, 4) is 0 Å². The van der Waals surface area contributed by atoms with Crippen molar-refractivity contribution >= 4 is 0 Å². The van der Waals surface area contributed by atoms with Crippen molar-refractivity contribution in [2.75, 3.05) is 33.2 Å². The van der Waals surface area contributed by atoms with Crippen LogP contribution in [0.1, 0.15) is 19.0 Å². The highest BCUT2D eigenvalue weighted by molar-refractivity contribution is 5.06. The number of aryl methyl sites for hydroxylation is 1. The topological polar surface area (TPSA) is 23.4 Å². The first-order chi connectivity index (χ1) is 8.29. The third kappa shape index (κ3) is 3.56. The monoisotopic (exact) mass is 236 g/mol. The van der Waals surface area contributed by atoms with Crippen LogP contribution in [0.15, 0.2) is 18.3 Å². The number of piperazine rings is 1. The van der Waals surface area contributed by atoms with Crippen molar-refractivity contribution in [3.05, 3.63) is 24.0 Å². The van der Waals surface area contributed by atoms with Crippen molar-refractivity contribution in [1.82, 2.24) is 19.9 Å². The van der Waals surface area contributed by atoms with Crippen molar-refractivity contribution in [2.45, 2.75) is 26.4 Å². The Morgan fingerprint density at radius 3 is 2.71 bits per heavy atom. The molecule has 0 bridgehead atoms. The molecule has 0 saturated carbocycles. The predicted octanol–water partition coefficient (Wildman–Crippen LogP) is 1.15. The van der Waals surface area contributed by atoms with E-state index >= 15 is 0 Å². The molecule has 0 radical (unpaired) electrons. The van der Waals surface area contributed by atoms with E-state index in [4.69, 9.17) is 0 Å². The summed E-state index contributed by atoms with van der Waals surface area (Å²) in [6, 6.07) is 4.34. The molecular formula is C13H24N4. The maximum Gasteiger partial charge on any atom is 0.0506 e. The minimum atomic E-state index is 0.941. The number of hydrogen-bond donors (Lipinski definition) is 1. The molecule has 0 spiro atoms. The molecule has 0 aromatic carbocycles. The first-order valence-electron chi connectivity index (χ1n) is 6.60. The Morgan fingerprint density at radius 2 is 2.00 bits per heavy atom. The van der Waals surface area contributed by atoms with Gasteiger partial charge in [0.25, 0.3) is 0 Å². The van der Waals surface area contributed by atoms with E-state index in [2.05, 4.69) is 52.2 Å². The predicted molar refractivity (Wildman–Crippen MR) is 70.6 cm³/mol. The molecule has 2 rings (SSSR count). The third-order valence-corrected chi connectivity index (χ3v) is 3.38. The van der Waals surface area contributed by atoms with Crippen molar-refractivity contribution in [1.29, 1.82) is 0 Å². The Kier molecular flexibility index (Phi) is 4.59. The lowest BCUT2D eigenvalue weighted by Gasteiger charge is -2.32. The van der Waals surface area contributed by atoms with E-state index in [9.17, 15) is 0 Å². The van der Waals surface area contributed by atoms with Gasteiger partial charge in [0, 0.05) is 44.6 Å². The first-order valence-corrected chi connectivity index (χ1v) is 6.60. The quantitative estimate of drug-likeness (QED) is 0.829. The standard InChI is InChI=1S/C13H24N4/c1-3-6-16-7-4-5-13(16)12-14-17-10-8-15(2)9-11-17/h4-5,7,14H,3,6,8-12H2,1-2H3. The number of nitrogens with one attached hydrogen (secondary N) is 1. The van der Waals surface area contributed by atoms with Crippen LogP contribution in [0.5, 0.6) is 0 Å². The molecule has 1 aliphatic heterocycles. The van der Waals surface area contributed by atoms with Crippen LogP contribution in [-0.4, -0.2) is 47.7 Å². The molecule has 1 aliphatic rings. The zero-order valence-electron chi connectivity index (χ0n) is 11.0. The van der Waals surface area contributed by atoms with Crippen LogP contribution in [0.25, 0.3) is 0 Å². The van der Waals surface area contributed by atoms with E-state index in [0.717, 1.165) is 39.3 Å². The number of hydrazine groups is 1. The van der Waals surface area contributed by atoms with Gasteiger partial charge in [0.15, 0.2) is 0 Å². The minimum absolute atomic E-state index is 0.941. The van der Waals surface area contributed by atoms with Crippen LogP contribution >= 0.6 is 0 Å². The van der Waals surface area contributed by atoms with Crippen LogP contribution in [0.2, 0.25) is 0 Å². The fourth-order valence-corrected chi connectivity index (χ4v) is 2.23. The van der Waals surface area contributed by atoms with Gasteiger partial charge in [0.05, 0.1) is 6.54 Å². The van der Waals surface area contributed by atoms with Crippen LogP contribution in [0, 0.1) is 0 Å². The number of aromatic nitrogens is 1. The molecule has 0 unspecified atom stereocenters. The highest BCUT2D eigenvalue weighted by Crippen LogP contribution is 2.04. The summed E-state index contributed by atoms with van der Waals surface area (Å²) in [5, 5.41) is 2.34. The summed E-state index contributed by atoms with van der Waals surface area (Å²) in [6.07, 6.45) is 3.36. The van der Waals surface area contributed by atoms with Gasteiger partial charge in [-0.15, -0.1) is 0 Å². The zero-order chi connectivity index (χ0) is 12.1. The van der Waals surface area contributed by atoms with Crippen LogP contribution < -0.4 is 5.43 Å². The molecule has 1 N–H and O–H groups in total. The van der Waals surface area contributed by atoms with Gasteiger partial charge >= 0.3 is 0 Å². The van der Waals surface area contributed by atoms with E-state index in [1.807, 2.05) is 0 Å². The third-order valence-electron chi connectivity index (χ3n) is 3.38. The molecule has 1 aromatic rings. The zero-order valence-corrected chi connectivity index (χ0v) is 11.0. The van der Waals surface area contributed by atoms with E-state index in [-0.39, 0.29) is 0 Å². The van der Waals surface area contributed by atoms with Crippen molar-refractivity contribution in [2.24, 2.45) is 0 Å². The summed E-state index contributed by atoms with van der Waals surface area (Å²) in [5.74, 6) is 0. The summed E-state index contributed by atoms with van der Waals surface area (Å²) >= 11 is 0. The average Bonchev–Trinajstić information content (AvgIpc) is 2.77. The number of likely N-dealkylation sites (N-methyl/N-ethyl adjacent to an activating group) is 1. The summed E-state index contributed by atoms with van der Waals surface area (Å²) < 4.78 is 2.34. The molecule has 4 heteroatoms. The maximum absolute atomic E-state index is 3.53. The first kappa shape index (κ1) is 12.6. The number of rotatable bonds is 5. The van der Waals surface area contributed by atoms with Gasteiger partial charge in [-0.1, -0.05) is 6.92 Å². The van der Waals surface area contributed by atoms with Gasteiger partial charge in [-0.25, -0.2) is 10.4 Å². The molecule has 1 saturated heterocycles. The second-order valence-corrected chi connectivity index (χ2v) is 4.82. The Hall–Kier alpha value is -0.840. The molecule has 17 heavy (non-hydrogen) atoms. The Morgan fingerprint density at radius 1 is 1.24 bits per heavy atom. The molecule has 1 fully saturated rings. The van der Waals surface area contributed by atoms with Gasteiger partial charge in [0.1, 0.15) is 0 Å². The highest BCUT2D eigenvalue weighted by Gasteiger charge is 2.13. The molecule has 4 nitrogen and oxygen atoms in total. The van der Waals surface area contributed by atoms with Crippen LogP contribution in [0.3, 0.4) is 0 Å². The van der Waals surface area contributed by atoms with E-state index < -0.39 is 0 Å². The second kappa shape index (κ2) is 6.19. The van der Waals surface area contributed by atoms with Crippen LogP contribution in [-0.2, 0) is 13.1 Å². The smallest absolute Gasteiger partial charge is 0.0506 e. The Bertz CT molecular complexity index is 326. The molecule has 0 atom stereocenters. The molecule has 1 aromatic heterocycles. The largest absolute Gasteiger partial charge is 0.350 e. The molecule has 2 heterocycles. The summed E-state index contributed by atoms with van der Waals surface area (Å²) in [4.78, 5) is 2.37. The van der Waals surface area contributed by atoms with E-state index in [1.54, 1.807) is 0 Å². The van der Waals surface area contributed by atoms with Gasteiger partial charge < -0.3 is 9.47 Å². The summed E-state index contributed by atoms with van der Waals surface area (Å²) in [5.41, 5.74) is 4.91. The Labute approximate surface area is 104 Å². The normalized spacial score (nSPS) is 18.7. The van der Waals surface area contributed by atoms with Crippen LogP contribution in [0.4, 0.5) is 0 Å². The lowest BCUT2D eigenvalue weighted by molar-refractivity contribution is 0.101. The molecule has 0 aliphatic carbocycles. The fourth-order valence-electron chi connectivity index (χ4n) is 2.23.